The monoisotopic (exact) mass is 280 g/mol. The molecule has 1 amide bonds. The summed E-state index contributed by atoms with van der Waals surface area (Å²) in [6, 6.07) is 1.37. The average molecular weight is 280 g/mol. The lowest BCUT2D eigenvalue weighted by molar-refractivity contribution is -0.136. The molecule has 3 heterocycles. The predicted octanol–water partition coefficient (Wildman–Crippen LogP) is 1.93. The SMILES string of the molecule is CCOC1CCCN(C(=O)CC2CC3CCC(C2)N3)C1. The quantitative estimate of drug-likeness (QED) is 0.855. The van der Waals surface area contributed by atoms with Crippen LogP contribution in [0, 0.1) is 5.92 Å². The summed E-state index contributed by atoms with van der Waals surface area (Å²) in [7, 11) is 0. The molecule has 0 aromatic carbocycles. The van der Waals surface area contributed by atoms with E-state index in [4.69, 9.17) is 4.74 Å². The first-order valence-electron chi connectivity index (χ1n) is 8.40. The third-order valence-electron chi connectivity index (χ3n) is 5.17. The first kappa shape index (κ1) is 14.3. The molecule has 3 rings (SSSR count). The van der Waals surface area contributed by atoms with Crippen molar-refractivity contribution in [3.63, 3.8) is 0 Å². The standard InChI is InChI=1S/C16H28N2O2/c1-2-20-15-4-3-7-18(11-15)16(19)10-12-8-13-5-6-14(9-12)17-13/h12-15,17H,2-11H2,1H3. The van der Waals surface area contributed by atoms with E-state index >= 15 is 0 Å². The van der Waals surface area contributed by atoms with Gasteiger partial charge < -0.3 is 15.0 Å². The van der Waals surface area contributed by atoms with Gasteiger partial charge in [-0.05, 0) is 51.4 Å². The number of fused-ring (bicyclic) bond motifs is 2. The number of carbonyl (C=O) groups excluding carboxylic acids is 1. The molecule has 0 radical (unpaired) electrons. The van der Waals surface area contributed by atoms with Gasteiger partial charge in [0.2, 0.25) is 5.91 Å². The Balaban J connectivity index is 1.48. The molecule has 3 unspecified atom stereocenters. The van der Waals surface area contributed by atoms with Gasteiger partial charge in [-0.3, -0.25) is 4.79 Å². The maximum atomic E-state index is 12.5. The zero-order valence-electron chi connectivity index (χ0n) is 12.6. The minimum absolute atomic E-state index is 0.266. The van der Waals surface area contributed by atoms with Crippen LogP contribution in [-0.4, -0.2) is 48.7 Å². The van der Waals surface area contributed by atoms with E-state index in [0.717, 1.165) is 39.0 Å². The molecule has 0 aromatic rings. The molecule has 20 heavy (non-hydrogen) atoms. The van der Waals surface area contributed by atoms with Crippen molar-refractivity contribution in [3.8, 4) is 0 Å². The van der Waals surface area contributed by atoms with Crippen LogP contribution >= 0.6 is 0 Å². The van der Waals surface area contributed by atoms with E-state index in [0.29, 0.717) is 23.9 Å². The van der Waals surface area contributed by atoms with E-state index in [2.05, 4.69) is 5.32 Å². The van der Waals surface area contributed by atoms with Crippen LogP contribution in [0.15, 0.2) is 0 Å². The van der Waals surface area contributed by atoms with E-state index < -0.39 is 0 Å². The Labute approximate surface area is 122 Å². The lowest BCUT2D eigenvalue weighted by Gasteiger charge is -2.35. The summed E-state index contributed by atoms with van der Waals surface area (Å²) in [5.74, 6) is 0.967. The summed E-state index contributed by atoms with van der Waals surface area (Å²) in [6.07, 6.45) is 8.24. The number of hydrogen-bond acceptors (Lipinski definition) is 3. The van der Waals surface area contributed by atoms with Gasteiger partial charge in [-0.1, -0.05) is 0 Å². The molecule has 4 heteroatoms. The molecule has 0 aromatic heterocycles. The molecule has 1 N–H and O–H groups in total. The van der Waals surface area contributed by atoms with Gasteiger partial charge in [0.25, 0.3) is 0 Å². The molecule has 3 fully saturated rings. The van der Waals surface area contributed by atoms with Crippen LogP contribution in [0.1, 0.15) is 51.9 Å². The lowest BCUT2D eigenvalue weighted by Crippen LogP contribution is -2.45. The Hall–Kier alpha value is -0.610. The van der Waals surface area contributed by atoms with Crippen molar-refractivity contribution in [1.82, 2.24) is 10.2 Å². The van der Waals surface area contributed by atoms with E-state index in [9.17, 15) is 4.79 Å². The molecule has 3 aliphatic heterocycles. The topological polar surface area (TPSA) is 41.6 Å². The number of nitrogens with one attached hydrogen (secondary N) is 1. The largest absolute Gasteiger partial charge is 0.377 e. The lowest BCUT2D eigenvalue weighted by atomic mass is 9.89. The second kappa shape index (κ2) is 6.44. The minimum atomic E-state index is 0.266. The summed E-state index contributed by atoms with van der Waals surface area (Å²) in [6.45, 7) is 4.53. The van der Waals surface area contributed by atoms with Crippen molar-refractivity contribution < 1.29 is 9.53 Å². The summed E-state index contributed by atoms with van der Waals surface area (Å²) in [4.78, 5) is 14.5. The Morgan fingerprint density at radius 2 is 2.00 bits per heavy atom. The molecule has 4 nitrogen and oxygen atoms in total. The van der Waals surface area contributed by atoms with Crippen molar-refractivity contribution >= 4 is 5.91 Å². The Morgan fingerprint density at radius 3 is 2.70 bits per heavy atom. The highest BCUT2D eigenvalue weighted by Crippen LogP contribution is 2.33. The maximum Gasteiger partial charge on any atom is 0.222 e. The van der Waals surface area contributed by atoms with Crippen LogP contribution in [0.3, 0.4) is 0 Å². The highest BCUT2D eigenvalue weighted by atomic mass is 16.5. The van der Waals surface area contributed by atoms with Crippen LogP contribution in [0.25, 0.3) is 0 Å². The molecular formula is C16H28N2O2. The van der Waals surface area contributed by atoms with E-state index in [1.165, 1.54) is 25.7 Å². The molecule has 2 bridgehead atoms. The van der Waals surface area contributed by atoms with Crippen molar-refractivity contribution in [2.75, 3.05) is 19.7 Å². The van der Waals surface area contributed by atoms with Crippen LogP contribution < -0.4 is 5.32 Å². The smallest absolute Gasteiger partial charge is 0.222 e. The van der Waals surface area contributed by atoms with Gasteiger partial charge in [0.1, 0.15) is 0 Å². The van der Waals surface area contributed by atoms with Crippen molar-refractivity contribution in [3.05, 3.63) is 0 Å². The second-order valence-electron chi connectivity index (χ2n) is 6.74. The Morgan fingerprint density at radius 1 is 1.25 bits per heavy atom. The molecule has 0 saturated carbocycles. The molecule has 0 spiro atoms. The molecular weight excluding hydrogens is 252 g/mol. The number of carbonyl (C=O) groups is 1. The van der Waals surface area contributed by atoms with Gasteiger partial charge in [-0.2, -0.15) is 0 Å². The number of likely N-dealkylation sites (tertiary alicyclic amines) is 1. The zero-order chi connectivity index (χ0) is 13.9. The third-order valence-corrected chi connectivity index (χ3v) is 5.17. The number of hydrogen-bond donors (Lipinski definition) is 1. The maximum absolute atomic E-state index is 12.5. The fraction of sp³-hybridized carbons (Fsp3) is 0.938. The Kier molecular flexibility index (Phi) is 4.61. The zero-order valence-corrected chi connectivity index (χ0v) is 12.6. The van der Waals surface area contributed by atoms with Crippen molar-refractivity contribution in [2.24, 2.45) is 5.92 Å². The second-order valence-corrected chi connectivity index (χ2v) is 6.74. The molecule has 0 aliphatic carbocycles. The minimum Gasteiger partial charge on any atom is -0.377 e. The summed E-state index contributed by atoms with van der Waals surface area (Å²) >= 11 is 0. The van der Waals surface area contributed by atoms with Crippen LogP contribution in [0.2, 0.25) is 0 Å². The summed E-state index contributed by atoms with van der Waals surface area (Å²) in [5, 5.41) is 3.65. The predicted molar refractivity (Wildman–Crippen MR) is 78.5 cm³/mol. The summed E-state index contributed by atoms with van der Waals surface area (Å²) < 4.78 is 5.69. The van der Waals surface area contributed by atoms with Gasteiger partial charge in [0.15, 0.2) is 0 Å². The molecule has 3 saturated heterocycles. The first-order valence-corrected chi connectivity index (χ1v) is 8.40. The van der Waals surface area contributed by atoms with Gasteiger partial charge in [0, 0.05) is 38.2 Å². The number of amides is 1. The number of ether oxygens (including phenoxy) is 1. The molecule has 3 atom stereocenters. The molecule has 114 valence electrons. The van der Waals surface area contributed by atoms with E-state index in [1.54, 1.807) is 0 Å². The van der Waals surface area contributed by atoms with Gasteiger partial charge >= 0.3 is 0 Å². The van der Waals surface area contributed by atoms with Gasteiger partial charge in [-0.15, -0.1) is 0 Å². The number of rotatable bonds is 4. The highest BCUT2D eigenvalue weighted by molar-refractivity contribution is 5.76. The number of piperidine rings is 2. The van der Waals surface area contributed by atoms with Crippen molar-refractivity contribution in [2.45, 2.75) is 70.1 Å². The summed E-state index contributed by atoms with van der Waals surface area (Å²) in [5.41, 5.74) is 0. The highest BCUT2D eigenvalue weighted by Gasteiger charge is 2.35. The number of nitrogens with zero attached hydrogens (tertiary/aromatic N) is 1. The van der Waals surface area contributed by atoms with E-state index in [-0.39, 0.29) is 6.10 Å². The fourth-order valence-electron chi connectivity index (χ4n) is 4.25. The van der Waals surface area contributed by atoms with Crippen LogP contribution in [0.5, 0.6) is 0 Å². The normalized spacial score (nSPS) is 37.1. The fourth-order valence-corrected chi connectivity index (χ4v) is 4.25. The van der Waals surface area contributed by atoms with Gasteiger partial charge in [0.05, 0.1) is 6.10 Å². The van der Waals surface area contributed by atoms with Crippen LogP contribution in [0.4, 0.5) is 0 Å². The van der Waals surface area contributed by atoms with Gasteiger partial charge in [-0.25, -0.2) is 0 Å². The average Bonchev–Trinajstić information content (AvgIpc) is 2.79. The third kappa shape index (κ3) is 3.34. The molecule has 3 aliphatic rings. The van der Waals surface area contributed by atoms with Crippen molar-refractivity contribution in [1.29, 1.82) is 0 Å². The van der Waals surface area contributed by atoms with Crippen LogP contribution in [-0.2, 0) is 9.53 Å². The van der Waals surface area contributed by atoms with E-state index in [1.807, 2.05) is 11.8 Å². The first-order chi connectivity index (χ1) is 9.74. The Bertz CT molecular complexity index is 333.